The third-order valence-corrected chi connectivity index (χ3v) is 6.20. The summed E-state index contributed by atoms with van der Waals surface area (Å²) in [6.07, 6.45) is 10.7. The van der Waals surface area contributed by atoms with E-state index in [9.17, 15) is 0 Å². The Kier molecular flexibility index (Phi) is 3.34. The third kappa shape index (κ3) is 2.53. The van der Waals surface area contributed by atoms with E-state index in [2.05, 4.69) is 35.6 Å². The van der Waals surface area contributed by atoms with Crippen LogP contribution in [0.2, 0.25) is 0 Å². The van der Waals surface area contributed by atoms with Crippen molar-refractivity contribution < 1.29 is 0 Å². The number of hydrogen-bond donors (Lipinski definition) is 1. The maximum Gasteiger partial charge on any atom is 0.0205 e. The van der Waals surface area contributed by atoms with Crippen molar-refractivity contribution in [2.75, 3.05) is 6.54 Å². The molecule has 0 radical (unpaired) electrons. The summed E-state index contributed by atoms with van der Waals surface area (Å²) in [5.41, 5.74) is 2.07. The summed E-state index contributed by atoms with van der Waals surface area (Å²) in [5, 5.41) is 3.78. The summed E-state index contributed by atoms with van der Waals surface area (Å²) in [6, 6.07) is 10.9. The maximum absolute atomic E-state index is 3.78. The van der Waals surface area contributed by atoms with Crippen molar-refractivity contribution in [2.45, 2.75) is 51.5 Å². The van der Waals surface area contributed by atoms with E-state index in [1.54, 1.807) is 19.3 Å². The average molecular weight is 269 g/mol. The predicted octanol–water partition coefficient (Wildman–Crippen LogP) is 4.38. The van der Waals surface area contributed by atoms with Crippen molar-refractivity contribution in [1.29, 1.82) is 0 Å². The van der Waals surface area contributed by atoms with Crippen LogP contribution < -0.4 is 5.32 Å². The highest BCUT2D eigenvalue weighted by Gasteiger charge is 2.47. The summed E-state index contributed by atoms with van der Waals surface area (Å²) >= 11 is 0. The molecule has 4 bridgehead atoms. The highest BCUT2D eigenvalue weighted by atomic mass is 14.9. The topological polar surface area (TPSA) is 12.0 Å². The molecule has 0 aromatic heterocycles. The van der Waals surface area contributed by atoms with E-state index in [1.165, 1.54) is 37.8 Å². The van der Waals surface area contributed by atoms with Gasteiger partial charge in [0.1, 0.15) is 0 Å². The lowest BCUT2D eigenvalue weighted by atomic mass is 9.61. The molecule has 2 unspecified atom stereocenters. The Bertz CT molecular complexity index is 438. The van der Waals surface area contributed by atoms with Crippen LogP contribution in [0.4, 0.5) is 0 Å². The van der Waals surface area contributed by atoms with Gasteiger partial charge in [0.15, 0.2) is 0 Å². The van der Waals surface area contributed by atoms with E-state index < -0.39 is 0 Å². The minimum absolute atomic E-state index is 0.646. The maximum atomic E-state index is 3.78. The smallest absolute Gasteiger partial charge is 0.0205 e. The molecule has 2 atom stereocenters. The summed E-state index contributed by atoms with van der Waals surface area (Å²) in [4.78, 5) is 0. The predicted molar refractivity (Wildman–Crippen MR) is 83.4 cm³/mol. The van der Waals surface area contributed by atoms with Gasteiger partial charge in [-0.05, 0) is 73.7 Å². The van der Waals surface area contributed by atoms with Gasteiger partial charge in [0.2, 0.25) is 0 Å². The Morgan fingerprint density at radius 3 is 2.40 bits per heavy atom. The van der Waals surface area contributed by atoms with Gasteiger partial charge >= 0.3 is 0 Å². The van der Waals surface area contributed by atoms with Crippen LogP contribution in [0.3, 0.4) is 0 Å². The normalized spacial score (nSPS) is 38.9. The largest absolute Gasteiger partial charge is 0.312 e. The van der Waals surface area contributed by atoms with Gasteiger partial charge in [0.05, 0.1) is 0 Å². The number of nitrogens with one attached hydrogen (secondary N) is 1. The summed E-state index contributed by atoms with van der Waals surface area (Å²) < 4.78 is 0. The lowest BCUT2D eigenvalue weighted by Gasteiger charge is -2.45. The Morgan fingerprint density at radius 2 is 1.65 bits per heavy atom. The van der Waals surface area contributed by atoms with Gasteiger partial charge in [-0.15, -0.1) is 0 Å². The summed E-state index contributed by atoms with van der Waals surface area (Å²) in [7, 11) is 0. The number of rotatable bonds is 4. The van der Waals surface area contributed by atoms with Crippen LogP contribution in [0.1, 0.15) is 50.5 Å². The number of fused-ring (bicyclic) bond motifs is 1. The highest BCUT2D eigenvalue weighted by molar-refractivity contribution is 5.14. The van der Waals surface area contributed by atoms with Gasteiger partial charge in [0.25, 0.3) is 0 Å². The fraction of sp³-hybridized carbons (Fsp3) is 0.684. The van der Waals surface area contributed by atoms with Crippen LogP contribution >= 0.6 is 0 Å². The molecule has 5 rings (SSSR count). The van der Waals surface area contributed by atoms with E-state index in [-0.39, 0.29) is 0 Å². The second kappa shape index (κ2) is 5.18. The first kappa shape index (κ1) is 12.9. The van der Waals surface area contributed by atoms with Crippen LogP contribution in [-0.4, -0.2) is 6.54 Å². The van der Waals surface area contributed by atoms with Crippen LogP contribution in [-0.2, 0) is 6.54 Å². The summed E-state index contributed by atoms with van der Waals surface area (Å²) in [5.74, 6) is 3.21. The second-order valence-electron chi connectivity index (χ2n) is 7.84. The van der Waals surface area contributed by atoms with Gasteiger partial charge in [-0.2, -0.15) is 0 Å². The molecule has 0 amide bonds. The van der Waals surface area contributed by atoms with Crippen LogP contribution in [0.15, 0.2) is 30.3 Å². The average Bonchev–Trinajstić information content (AvgIpc) is 2.65. The third-order valence-electron chi connectivity index (χ3n) is 6.20. The van der Waals surface area contributed by atoms with Gasteiger partial charge in [0, 0.05) is 13.1 Å². The van der Waals surface area contributed by atoms with Crippen molar-refractivity contribution in [2.24, 2.45) is 23.2 Å². The molecule has 4 fully saturated rings. The lowest BCUT2D eigenvalue weighted by molar-refractivity contribution is 0.0656. The standard InChI is InChI=1S/C19H27N/c1-2-4-15(5-3-1)13-20-14-19-7-6-16-8-17(11-19)10-18(9-16)12-19/h1-5,16-18,20H,6-14H2. The molecule has 4 saturated carbocycles. The van der Waals surface area contributed by atoms with Gasteiger partial charge < -0.3 is 5.32 Å². The van der Waals surface area contributed by atoms with Crippen molar-refractivity contribution in [3.8, 4) is 0 Å². The molecular formula is C19H27N. The monoisotopic (exact) mass is 269 g/mol. The van der Waals surface area contributed by atoms with E-state index in [0.29, 0.717) is 5.41 Å². The van der Waals surface area contributed by atoms with Gasteiger partial charge in [-0.3, -0.25) is 0 Å². The fourth-order valence-corrected chi connectivity index (χ4v) is 5.60. The molecule has 0 saturated heterocycles. The van der Waals surface area contributed by atoms with Gasteiger partial charge in [-0.1, -0.05) is 30.3 Å². The SMILES string of the molecule is c1ccc(CNCC23CCC4CC(CC(C4)C2)C3)cc1. The summed E-state index contributed by atoms with van der Waals surface area (Å²) in [6.45, 7) is 2.29. The molecule has 1 N–H and O–H groups in total. The van der Waals surface area contributed by atoms with Crippen LogP contribution in [0.25, 0.3) is 0 Å². The fourth-order valence-electron chi connectivity index (χ4n) is 5.60. The quantitative estimate of drug-likeness (QED) is 0.855. The first-order valence-corrected chi connectivity index (χ1v) is 8.56. The molecule has 1 aromatic rings. The van der Waals surface area contributed by atoms with E-state index >= 15 is 0 Å². The van der Waals surface area contributed by atoms with Crippen molar-refractivity contribution >= 4 is 0 Å². The highest BCUT2D eigenvalue weighted by Crippen LogP contribution is 2.56. The molecule has 20 heavy (non-hydrogen) atoms. The first-order valence-electron chi connectivity index (χ1n) is 8.56. The molecular weight excluding hydrogens is 242 g/mol. The molecule has 1 heteroatoms. The zero-order chi connectivity index (χ0) is 13.4. The van der Waals surface area contributed by atoms with Gasteiger partial charge in [-0.25, -0.2) is 0 Å². The Morgan fingerprint density at radius 1 is 0.950 bits per heavy atom. The molecule has 1 aromatic carbocycles. The lowest BCUT2D eigenvalue weighted by Crippen LogP contribution is -2.40. The molecule has 4 aliphatic carbocycles. The molecule has 0 spiro atoms. The Hall–Kier alpha value is -0.820. The second-order valence-corrected chi connectivity index (χ2v) is 7.84. The Labute approximate surface area is 123 Å². The van der Waals surface area contributed by atoms with E-state index in [4.69, 9.17) is 0 Å². The van der Waals surface area contributed by atoms with Crippen LogP contribution in [0.5, 0.6) is 0 Å². The number of benzene rings is 1. The minimum Gasteiger partial charge on any atom is -0.312 e. The zero-order valence-corrected chi connectivity index (χ0v) is 12.5. The number of hydrogen-bond acceptors (Lipinski definition) is 1. The first-order chi connectivity index (χ1) is 9.81. The van der Waals surface area contributed by atoms with E-state index in [0.717, 1.165) is 24.3 Å². The molecule has 0 heterocycles. The van der Waals surface area contributed by atoms with Crippen LogP contribution in [0, 0.1) is 23.2 Å². The molecule has 108 valence electrons. The van der Waals surface area contributed by atoms with E-state index in [1.807, 2.05) is 0 Å². The molecule has 4 aliphatic rings. The Balaban J connectivity index is 1.40. The minimum atomic E-state index is 0.646. The molecule has 0 aliphatic heterocycles. The molecule has 1 nitrogen and oxygen atoms in total. The van der Waals surface area contributed by atoms with Crippen molar-refractivity contribution in [3.05, 3.63) is 35.9 Å². The van der Waals surface area contributed by atoms with Crippen molar-refractivity contribution in [1.82, 2.24) is 5.32 Å². The van der Waals surface area contributed by atoms with Crippen molar-refractivity contribution in [3.63, 3.8) is 0 Å². The zero-order valence-electron chi connectivity index (χ0n) is 12.5.